The van der Waals surface area contributed by atoms with Gasteiger partial charge in [-0.3, -0.25) is 4.57 Å². The maximum absolute atomic E-state index is 11.0. The minimum atomic E-state index is -0.870. The first-order valence-corrected chi connectivity index (χ1v) is 5.22. The van der Waals surface area contributed by atoms with E-state index < -0.39 is 7.80 Å². The van der Waals surface area contributed by atoms with E-state index in [9.17, 15) is 4.57 Å². The molecule has 0 fully saturated rings. The summed E-state index contributed by atoms with van der Waals surface area (Å²) in [6, 6.07) is 0. The van der Waals surface area contributed by atoms with Crippen molar-refractivity contribution in [3.05, 3.63) is 0 Å². The van der Waals surface area contributed by atoms with Gasteiger partial charge in [0, 0.05) is 12.3 Å². The van der Waals surface area contributed by atoms with Crippen LogP contribution in [0.1, 0.15) is 27.2 Å². The normalized spacial score (nSPS) is 12.2. The van der Waals surface area contributed by atoms with Gasteiger partial charge in [-0.25, -0.2) is 0 Å². The Kier molecular flexibility index (Phi) is 4.99. The summed E-state index contributed by atoms with van der Waals surface area (Å²) in [6.07, 6.45) is 2.87. The molecule has 9 heavy (non-hydrogen) atoms. The third kappa shape index (κ3) is 5.98. The standard InChI is InChI=1S/C7H16OP/c1-4-5-9(8)6-7(2)3/h7H,4-6H2,1-3H3. The van der Waals surface area contributed by atoms with E-state index >= 15 is 0 Å². The Labute approximate surface area is 58.6 Å². The minimum Gasteiger partial charge on any atom is -0.287 e. The van der Waals surface area contributed by atoms with Crippen LogP contribution in [-0.4, -0.2) is 12.3 Å². The predicted octanol–water partition coefficient (Wildman–Crippen LogP) is 2.88. The van der Waals surface area contributed by atoms with Crippen LogP contribution in [0.4, 0.5) is 0 Å². The Morgan fingerprint density at radius 3 is 2.33 bits per heavy atom. The van der Waals surface area contributed by atoms with Crippen LogP contribution in [0.15, 0.2) is 0 Å². The molecule has 0 rings (SSSR count). The quantitative estimate of drug-likeness (QED) is 0.559. The van der Waals surface area contributed by atoms with E-state index in [1.165, 1.54) is 0 Å². The van der Waals surface area contributed by atoms with Crippen molar-refractivity contribution in [1.82, 2.24) is 0 Å². The van der Waals surface area contributed by atoms with Gasteiger partial charge in [0.15, 0.2) is 0 Å². The molecule has 0 heterocycles. The molecule has 0 aliphatic heterocycles. The molecule has 1 nitrogen and oxygen atoms in total. The van der Waals surface area contributed by atoms with Crippen molar-refractivity contribution in [2.75, 3.05) is 12.3 Å². The zero-order valence-corrected chi connectivity index (χ0v) is 7.45. The lowest BCUT2D eigenvalue weighted by Crippen LogP contribution is -1.91. The molecule has 2 heteroatoms. The Hall–Kier alpha value is 0.100. The summed E-state index contributed by atoms with van der Waals surface area (Å²) in [5, 5.41) is 0. The smallest absolute Gasteiger partial charge is 0.0721 e. The third-order valence-electron chi connectivity index (χ3n) is 1.04. The van der Waals surface area contributed by atoms with Crippen LogP contribution in [0.5, 0.6) is 0 Å². The van der Waals surface area contributed by atoms with Gasteiger partial charge in [-0.15, -0.1) is 0 Å². The van der Waals surface area contributed by atoms with E-state index in [0.29, 0.717) is 5.92 Å². The lowest BCUT2D eigenvalue weighted by Gasteiger charge is -2.01. The van der Waals surface area contributed by atoms with Crippen LogP contribution in [0.25, 0.3) is 0 Å². The number of rotatable bonds is 4. The molecule has 0 bridgehead atoms. The summed E-state index contributed by atoms with van der Waals surface area (Å²) in [5.41, 5.74) is 0. The molecule has 1 atom stereocenters. The van der Waals surface area contributed by atoms with Crippen molar-refractivity contribution < 1.29 is 4.57 Å². The van der Waals surface area contributed by atoms with Gasteiger partial charge in [-0.2, -0.15) is 0 Å². The number of hydrogen-bond acceptors (Lipinski definition) is 1. The highest BCUT2D eigenvalue weighted by atomic mass is 31.1. The summed E-state index contributed by atoms with van der Waals surface area (Å²) in [5.74, 6) is 0.597. The Morgan fingerprint density at radius 1 is 1.44 bits per heavy atom. The zero-order chi connectivity index (χ0) is 7.28. The van der Waals surface area contributed by atoms with Gasteiger partial charge in [0.25, 0.3) is 0 Å². The van der Waals surface area contributed by atoms with Crippen molar-refractivity contribution in [2.45, 2.75) is 27.2 Å². The Balaban J connectivity index is 3.27. The van der Waals surface area contributed by atoms with E-state index in [0.717, 1.165) is 18.7 Å². The maximum atomic E-state index is 11.0. The van der Waals surface area contributed by atoms with Gasteiger partial charge >= 0.3 is 0 Å². The molecule has 0 aromatic heterocycles. The summed E-state index contributed by atoms with van der Waals surface area (Å²) in [6.45, 7) is 6.30. The molecule has 0 saturated carbocycles. The van der Waals surface area contributed by atoms with E-state index in [1.807, 2.05) is 0 Å². The highest BCUT2D eigenvalue weighted by Gasteiger charge is 2.00. The average molecular weight is 147 g/mol. The summed E-state index contributed by atoms with van der Waals surface area (Å²) < 4.78 is 11.0. The summed E-state index contributed by atoms with van der Waals surface area (Å²) in [4.78, 5) is 0. The molecule has 0 saturated heterocycles. The highest BCUT2D eigenvalue weighted by molar-refractivity contribution is 7.44. The summed E-state index contributed by atoms with van der Waals surface area (Å²) in [7, 11) is -0.870. The summed E-state index contributed by atoms with van der Waals surface area (Å²) >= 11 is 0. The molecule has 0 amide bonds. The van der Waals surface area contributed by atoms with Gasteiger partial charge in [-0.05, 0) is 12.3 Å². The SMILES string of the molecule is CCC[P](=O)CC(C)C. The molecule has 1 radical (unpaired) electrons. The molecular weight excluding hydrogens is 131 g/mol. The Bertz CT molecular complexity index is 88.9. The Morgan fingerprint density at radius 2 is 2.00 bits per heavy atom. The van der Waals surface area contributed by atoms with E-state index in [-0.39, 0.29) is 0 Å². The van der Waals surface area contributed by atoms with Crippen molar-refractivity contribution >= 4 is 7.80 Å². The second-order valence-corrected chi connectivity index (χ2v) is 4.56. The van der Waals surface area contributed by atoms with Gasteiger partial charge in [0.1, 0.15) is 0 Å². The van der Waals surface area contributed by atoms with Gasteiger partial charge in [0.05, 0.1) is 7.80 Å². The van der Waals surface area contributed by atoms with Crippen molar-refractivity contribution in [1.29, 1.82) is 0 Å². The van der Waals surface area contributed by atoms with E-state index in [4.69, 9.17) is 0 Å². The van der Waals surface area contributed by atoms with Crippen LogP contribution in [0, 0.1) is 5.92 Å². The van der Waals surface area contributed by atoms with Crippen molar-refractivity contribution in [3.8, 4) is 0 Å². The van der Waals surface area contributed by atoms with Crippen LogP contribution < -0.4 is 0 Å². The molecule has 1 unspecified atom stereocenters. The van der Waals surface area contributed by atoms with Crippen LogP contribution in [0.3, 0.4) is 0 Å². The largest absolute Gasteiger partial charge is 0.287 e. The van der Waals surface area contributed by atoms with Crippen LogP contribution in [-0.2, 0) is 4.57 Å². The fraction of sp³-hybridized carbons (Fsp3) is 1.00. The van der Waals surface area contributed by atoms with Crippen LogP contribution in [0.2, 0.25) is 0 Å². The fourth-order valence-electron chi connectivity index (χ4n) is 0.748. The van der Waals surface area contributed by atoms with Gasteiger partial charge in [-0.1, -0.05) is 20.8 Å². The van der Waals surface area contributed by atoms with Crippen molar-refractivity contribution in [3.63, 3.8) is 0 Å². The molecule has 0 aromatic carbocycles. The molecule has 0 aliphatic carbocycles. The lowest BCUT2D eigenvalue weighted by atomic mass is 10.3. The second kappa shape index (κ2) is 4.93. The second-order valence-electron chi connectivity index (χ2n) is 2.78. The van der Waals surface area contributed by atoms with Gasteiger partial charge < -0.3 is 0 Å². The first-order chi connectivity index (χ1) is 4.16. The lowest BCUT2D eigenvalue weighted by molar-refractivity contribution is 0.578. The first kappa shape index (κ1) is 9.10. The van der Waals surface area contributed by atoms with Crippen LogP contribution >= 0.6 is 7.80 Å². The van der Waals surface area contributed by atoms with E-state index in [1.54, 1.807) is 0 Å². The minimum absolute atomic E-state index is 0.597. The first-order valence-electron chi connectivity index (χ1n) is 3.59. The molecular formula is C7H16OP. The van der Waals surface area contributed by atoms with Crippen molar-refractivity contribution in [2.24, 2.45) is 5.92 Å². The maximum Gasteiger partial charge on any atom is 0.0721 e. The third-order valence-corrected chi connectivity index (χ3v) is 3.13. The zero-order valence-electron chi connectivity index (χ0n) is 6.55. The monoisotopic (exact) mass is 147 g/mol. The highest BCUT2D eigenvalue weighted by Crippen LogP contribution is 2.24. The van der Waals surface area contributed by atoms with Gasteiger partial charge in [0.2, 0.25) is 0 Å². The number of hydrogen-bond donors (Lipinski definition) is 0. The fourth-order valence-corrected chi connectivity index (χ4v) is 2.24. The molecule has 0 aromatic rings. The topological polar surface area (TPSA) is 17.1 Å². The predicted molar refractivity (Wildman–Crippen MR) is 42.5 cm³/mol. The van der Waals surface area contributed by atoms with E-state index in [2.05, 4.69) is 20.8 Å². The molecule has 0 aliphatic rings. The average Bonchev–Trinajstić information content (AvgIpc) is 1.63. The molecule has 0 N–H and O–H groups in total. The molecule has 0 spiro atoms. The molecule has 55 valence electrons.